The maximum atomic E-state index is 5.68. The first kappa shape index (κ1) is 14.2. The molecule has 0 aliphatic heterocycles. The van der Waals surface area contributed by atoms with E-state index in [9.17, 15) is 0 Å². The average Bonchev–Trinajstić information content (AvgIpc) is 2.26. The molecule has 17 heavy (non-hydrogen) atoms. The highest BCUT2D eigenvalue weighted by Gasteiger charge is 2.09. The minimum Gasteiger partial charge on any atom is -0.329 e. The Kier molecular flexibility index (Phi) is 5.16. The Balaban J connectivity index is 2.70. The molecule has 0 aliphatic carbocycles. The summed E-state index contributed by atoms with van der Waals surface area (Å²) in [5, 5.41) is 0. The van der Waals surface area contributed by atoms with Crippen molar-refractivity contribution in [3.05, 3.63) is 34.4 Å². The number of hydrogen-bond acceptors (Lipinski definition) is 2. The zero-order valence-corrected chi connectivity index (χ0v) is 11.9. The minimum absolute atomic E-state index is 0.459. The van der Waals surface area contributed by atoms with Gasteiger partial charge in [0.1, 0.15) is 0 Å². The van der Waals surface area contributed by atoms with E-state index < -0.39 is 0 Å². The van der Waals surface area contributed by atoms with E-state index in [2.05, 4.69) is 51.8 Å². The summed E-state index contributed by atoms with van der Waals surface area (Å²) in [6, 6.07) is 5.00. The molecule has 0 heterocycles. The Bertz CT molecular complexity index is 348. The summed E-state index contributed by atoms with van der Waals surface area (Å²) in [7, 11) is 2.15. The van der Waals surface area contributed by atoms with Gasteiger partial charge in [-0.15, -0.1) is 0 Å². The van der Waals surface area contributed by atoms with E-state index in [1.165, 1.54) is 22.3 Å². The highest BCUT2D eigenvalue weighted by molar-refractivity contribution is 5.37. The Morgan fingerprint density at radius 3 is 2.18 bits per heavy atom. The van der Waals surface area contributed by atoms with Crippen LogP contribution in [0, 0.1) is 20.8 Å². The molecule has 1 rings (SSSR count). The summed E-state index contributed by atoms with van der Waals surface area (Å²) in [5.41, 5.74) is 11.4. The highest BCUT2D eigenvalue weighted by Crippen LogP contribution is 2.17. The van der Waals surface area contributed by atoms with Gasteiger partial charge in [0.05, 0.1) is 0 Å². The lowest BCUT2D eigenvalue weighted by Gasteiger charge is -2.24. The van der Waals surface area contributed by atoms with Crippen molar-refractivity contribution in [3.8, 4) is 0 Å². The van der Waals surface area contributed by atoms with E-state index in [4.69, 9.17) is 5.73 Å². The minimum atomic E-state index is 0.459. The summed E-state index contributed by atoms with van der Waals surface area (Å²) in [6.07, 6.45) is 1.11. The van der Waals surface area contributed by atoms with E-state index in [0.717, 1.165) is 19.5 Å². The third kappa shape index (κ3) is 3.83. The molecule has 0 aliphatic rings. The van der Waals surface area contributed by atoms with Gasteiger partial charge in [0.2, 0.25) is 0 Å². The van der Waals surface area contributed by atoms with Crippen molar-refractivity contribution < 1.29 is 0 Å². The second kappa shape index (κ2) is 6.18. The SMILES string of the molecule is Cc1cc(C)c(CCN(C)C(C)CN)c(C)c1. The van der Waals surface area contributed by atoms with Gasteiger partial charge in [0, 0.05) is 19.1 Å². The number of nitrogens with zero attached hydrogens (tertiary/aromatic N) is 1. The molecular weight excluding hydrogens is 208 g/mol. The number of benzene rings is 1. The molecule has 2 nitrogen and oxygen atoms in total. The zero-order chi connectivity index (χ0) is 13.0. The van der Waals surface area contributed by atoms with Crippen LogP contribution >= 0.6 is 0 Å². The quantitative estimate of drug-likeness (QED) is 0.848. The van der Waals surface area contributed by atoms with Crippen molar-refractivity contribution in [1.29, 1.82) is 0 Å². The molecule has 1 aromatic carbocycles. The molecule has 96 valence electrons. The lowest BCUT2D eigenvalue weighted by Crippen LogP contribution is -2.36. The fraction of sp³-hybridized carbons (Fsp3) is 0.600. The average molecular weight is 234 g/mol. The summed E-state index contributed by atoms with van der Waals surface area (Å²) in [5.74, 6) is 0. The van der Waals surface area contributed by atoms with Gasteiger partial charge in [-0.3, -0.25) is 0 Å². The molecule has 0 amide bonds. The van der Waals surface area contributed by atoms with Crippen molar-refractivity contribution in [3.63, 3.8) is 0 Å². The zero-order valence-electron chi connectivity index (χ0n) is 11.9. The van der Waals surface area contributed by atoms with Crippen LogP contribution in [-0.4, -0.2) is 31.1 Å². The second-order valence-corrected chi connectivity index (χ2v) is 5.19. The first-order valence-corrected chi connectivity index (χ1v) is 6.42. The fourth-order valence-corrected chi connectivity index (χ4v) is 2.29. The Hall–Kier alpha value is -0.860. The van der Waals surface area contributed by atoms with Crippen LogP contribution in [0.2, 0.25) is 0 Å². The van der Waals surface area contributed by atoms with Crippen LogP contribution in [0.25, 0.3) is 0 Å². The maximum Gasteiger partial charge on any atom is 0.0187 e. The first-order chi connectivity index (χ1) is 7.95. The molecular formula is C15H26N2. The normalized spacial score (nSPS) is 13.1. The summed E-state index contributed by atoms with van der Waals surface area (Å²) < 4.78 is 0. The summed E-state index contributed by atoms with van der Waals surface area (Å²) in [4.78, 5) is 2.33. The van der Waals surface area contributed by atoms with E-state index in [-0.39, 0.29) is 0 Å². The van der Waals surface area contributed by atoms with Crippen LogP contribution in [0.15, 0.2) is 12.1 Å². The molecule has 0 bridgehead atoms. The predicted molar refractivity (Wildman–Crippen MR) is 75.5 cm³/mol. The van der Waals surface area contributed by atoms with Gasteiger partial charge in [-0.25, -0.2) is 0 Å². The van der Waals surface area contributed by atoms with Crippen molar-refractivity contribution in [2.24, 2.45) is 5.73 Å². The molecule has 0 radical (unpaired) electrons. The lowest BCUT2D eigenvalue weighted by atomic mass is 9.97. The maximum absolute atomic E-state index is 5.68. The molecule has 2 N–H and O–H groups in total. The third-order valence-corrected chi connectivity index (χ3v) is 3.65. The van der Waals surface area contributed by atoms with E-state index in [0.29, 0.717) is 6.04 Å². The van der Waals surface area contributed by atoms with Crippen LogP contribution in [0.5, 0.6) is 0 Å². The largest absolute Gasteiger partial charge is 0.329 e. The van der Waals surface area contributed by atoms with Crippen LogP contribution < -0.4 is 5.73 Å². The highest BCUT2D eigenvalue weighted by atomic mass is 15.1. The molecule has 1 aromatic rings. The summed E-state index contributed by atoms with van der Waals surface area (Å²) >= 11 is 0. The molecule has 0 spiro atoms. The van der Waals surface area contributed by atoms with Crippen LogP contribution in [-0.2, 0) is 6.42 Å². The Morgan fingerprint density at radius 1 is 1.18 bits per heavy atom. The number of rotatable bonds is 5. The first-order valence-electron chi connectivity index (χ1n) is 6.42. The number of likely N-dealkylation sites (N-methyl/N-ethyl adjacent to an activating group) is 1. The van der Waals surface area contributed by atoms with Gasteiger partial charge in [-0.2, -0.15) is 0 Å². The van der Waals surface area contributed by atoms with Crippen molar-refractivity contribution in [1.82, 2.24) is 4.90 Å². The monoisotopic (exact) mass is 234 g/mol. The lowest BCUT2D eigenvalue weighted by molar-refractivity contribution is 0.266. The molecule has 0 saturated carbocycles. The molecule has 2 heteroatoms. The molecule has 0 aromatic heterocycles. The smallest absolute Gasteiger partial charge is 0.0187 e. The van der Waals surface area contributed by atoms with Crippen LogP contribution in [0.4, 0.5) is 0 Å². The van der Waals surface area contributed by atoms with Crippen molar-refractivity contribution in [2.45, 2.75) is 40.2 Å². The van der Waals surface area contributed by atoms with Gasteiger partial charge in [-0.1, -0.05) is 17.7 Å². The number of aryl methyl sites for hydroxylation is 3. The van der Waals surface area contributed by atoms with Crippen LogP contribution in [0.3, 0.4) is 0 Å². The molecule has 0 fully saturated rings. The second-order valence-electron chi connectivity index (χ2n) is 5.19. The number of hydrogen-bond donors (Lipinski definition) is 1. The third-order valence-electron chi connectivity index (χ3n) is 3.65. The standard InChI is InChI=1S/C15H26N2/c1-11-8-12(2)15(13(3)9-11)6-7-17(5)14(4)10-16/h8-9,14H,6-7,10,16H2,1-5H3. The van der Waals surface area contributed by atoms with Gasteiger partial charge in [-0.05, 0) is 57.9 Å². The van der Waals surface area contributed by atoms with Crippen LogP contribution in [0.1, 0.15) is 29.2 Å². The number of nitrogens with two attached hydrogens (primary N) is 1. The topological polar surface area (TPSA) is 29.3 Å². The predicted octanol–water partition coefficient (Wildman–Crippen LogP) is 2.43. The molecule has 1 unspecified atom stereocenters. The van der Waals surface area contributed by atoms with Gasteiger partial charge in [0.25, 0.3) is 0 Å². The fourth-order valence-electron chi connectivity index (χ4n) is 2.29. The Morgan fingerprint density at radius 2 is 1.71 bits per heavy atom. The molecule has 0 saturated heterocycles. The van der Waals surface area contributed by atoms with Gasteiger partial charge < -0.3 is 10.6 Å². The van der Waals surface area contributed by atoms with Gasteiger partial charge in [0.15, 0.2) is 0 Å². The van der Waals surface area contributed by atoms with Crippen molar-refractivity contribution in [2.75, 3.05) is 20.1 Å². The van der Waals surface area contributed by atoms with E-state index >= 15 is 0 Å². The van der Waals surface area contributed by atoms with E-state index in [1.54, 1.807) is 0 Å². The Labute approximate surface area is 106 Å². The van der Waals surface area contributed by atoms with Crippen molar-refractivity contribution >= 4 is 0 Å². The van der Waals surface area contributed by atoms with E-state index in [1.807, 2.05) is 0 Å². The summed E-state index contributed by atoms with van der Waals surface area (Å²) in [6.45, 7) is 10.6. The molecule has 1 atom stereocenters. The van der Waals surface area contributed by atoms with Gasteiger partial charge >= 0.3 is 0 Å².